The number of hydrogen-bond donors (Lipinski definition) is 2. The van der Waals surface area contributed by atoms with Crippen LogP contribution in [0.25, 0.3) is 5.65 Å². The Morgan fingerprint density at radius 1 is 1.26 bits per heavy atom. The molecule has 0 radical (unpaired) electrons. The molecule has 0 aliphatic carbocycles. The molecule has 0 aliphatic heterocycles. The number of carbonyl (C=O) groups excluding carboxylic acids is 1. The van der Waals surface area contributed by atoms with Crippen LogP contribution < -0.4 is 10.9 Å². The minimum absolute atomic E-state index is 0.193. The van der Waals surface area contributed by atoms with Gasteiger partial charge in [-0.15, -0.1) is 0 Å². The lowest BCUT2D eigenvalue weighted by molar-refractivity contribution is 0.102. The number of pyridine rings is 1. The summed E-state index contributed by atoms with van der Waals surface area (Å²) >= 11 is 0. The highest BCUT2D eigenvalue weighted by atomic mass is 16.1. The highest BCUT2D eigenvalue weighted by Crippen LogP contribution is 2.18. The molecule has 1 amide bonds. The first-order valence-corrected chi connectivity index (χ1v) is 8.99. The zero-order valence-electron chi connectivity index (χ0n) is 16.0. The van der Waals surface area contributed by atoms with Crippen LogP contribution in [0.15, 0.2) is 29.5 Å². The van der Waals surface area contributed by atoms with Crippen LogP contribution in [0.3, 0.4) is 0 Å². The number of aromatic nitrogens is 4. The van der Waals surface area contributed by atoms with Crippen molar-refractivity contribution in [2.24, 2.45) is 0 Å². The van der Waals surface area contributed by atoms with Gasteiger partial charge in [-0.3, -0.25) is 14.5 Å². The molecule has 3 rings (SSSR count). The minimum Gasteiger partial charge on any atom is -0.324 e. The summed E-state index contributed by atoms with van der Waals surface area (Å²) < 4.78 is 1.63. The Kier molecular flexibility index (Phi) is 5.36. The summed E-state index contributed by atoms with van der Waals surface area (Å²) in [5.41, 5.74) is 3.63. The molecular weight excluding hydrogens is 344 g/mol. The molecule has 0 bridgehead atoms. The van der Waals surface area contributed by atoms with E-state index in [2.05, 4.69) is 39.1 Å². The zero-order valence-corrected chi connectivity index (χ0v) is 16.0. The molecule has 0 aromatic carbocycles. The molecular formula is C19H24N6O2. The van der Waals surface area contributed by atoms with Crippen LogP contribution >= 0.6 is 0 Å². The molecule has 3 heterocycles. The molecule has 27 heavy (non-hydrogen) atoms. The van der Waals surface area contributed by atoms with E-state index >= 15 is 0 Å². The summed E-state index contributed by atoms with van der Waals surface area (Å²) in [4.78, 5) is 33.7. The maximum absolute atomic E-state index is 12.7. The number of nitrogens with zero attached hydrogens (tertiary/aromatic N) is 4. The predicted molar refractivity (Wildman–Crippen MR) is 104 cm³/mol. The van der Waals surface area contributed by atoms with Crippen molar-refractivity contribution in [2.45, 2.75) is 34.2 Å². The Balaban J connectivity index is 1.87. The Labute approximate surface area is 157 Å². The summed E-state index contributed by atoms with van der Waals surface area (Å²) in [6, 6.07) is 1.45. The molecule has 2 N–H and O–H groups in total. The van der Waals surface area contributed by atoms with E-state index in [9.17, 15) is 9.59 Å². The number of amides is 1. The van der Waals surface area contributed by atoms with Crippen LogP contribution in [-0.4, -0.2) is 43.5 Å². The topological polar surface area (TPSA) is 95.4 Å². The van der Waals surface area contributed by atoms with Crippen molar-refractivity contribution in [1.29, 1.82) is 0 Å². The van der Waals surface area contributed by atoms with Crippen molar-refractivity contribution < 1.29 is 4.79 Å². The lowest BCUT2D eigenvalue weighted by Crippen LogP contribution is -2.22. The van der Waals surface area contributed by atoms with Crippen molar-refractivity contribution in [3.05, 3.63) is 57.4 Å². The normalized spacial score (nSPS) is 11.3. The molecule has 0 saturated heterocycles. The van der Waals surface area contributed by atoms with Crippen LogP contribution in [0.4, 0.5) is 5.69 Å². The predicted octanol–water partition coefficient (Wildman–Crippen LogP) is 2.13. The Bertz CT molecular complexity index is 1010. The quantitative estimate of drug-likeness (QED) is 0.695. The monoisotopic (exact) mass is 368 g/mol. The molecule has 0 fully saturated rings. The van der Waals surface area contributed by atoms with Crippen molar-refractivity contribution >= 4 is 17.2 Å². The lowest BCUT2D eigenvalue weighted by atomic mass is 10.2. The highest BCUT2D eigenvalue weighted by Gasteiger charge is 2.17. The number of carbonyl (C=O) groups is 1. The average molecular weight is 368 g/mol. The van der Waals surface area contributed by atoms with E-state index < -0.39 is 0 Å². The number of H-pyrrole nitrogens is 1. The van der Waals surface area contributed by atoms with Gasteiger partial charge in [0.2, 0.25) is 5.56 Å². The first kappa shape index (κ1) is 18.8. The van der Waals surface area contributed by atoms with E-state index in [1.165, 1.54) is 12.3 Å². The van der Waals surface area contributed by atoms with Crippen LogP contribution in [0.2, 0.25) is 0 Å². The van der Waals surface area contributed by atoms with Gasteiger partial charge in [0.25, 0.3) is 5.91 Å². The number of hydrogen-bond acceptors (Lipinski definition) is 5. The fraction of sp³-hybridized carbons (Fsp3) is 0.368. The Morgan fingerprint density at radius 3 is 2.67 bits per heavy atom. The van der Waals surface area contributed by atoms with Gasteiger partial charge >= 0.3 is 0 Å². The number of anilines is 1. The minimum atomic E-state index is -0.313. The molecule has 0 spiro atoms. The lowest BCUT2D eigenvalue weighted by Gasteiger charge is -2.17. The van der Waals surface area contributed by atoms with Gasteiger partial charge in [0.1, 0.15) is 5.56 Å². The van der Waals surface area contributed by atoms with Gasteiger partial charge in [-0.05, 0) is 32.5 Å². The second kappa shape index (κ2) is 7.71. The second-order valence-corrected chi connectivity index (χ2v) is 6.52. The van der Waals surface area contributed by atoms with Crippen molar-refractivity contribution in [1.82, 2.24) is 24.5 Å². The summed E-state index contributed by atoms with van der Waals surface area (Å²) in [6.45, 7) is 10.5. The van der Waals surface area contributed by atoms with Gasteiger partial charge in [-0.1, -0.05) is 13.8 Å². The maximum Gasteiger partial charge on any atom is 0.261 e. The van der Waals surface area contributed by atoms with E-state index in [0.717, 1.165) is 25.2 Å². The summed E-state index contributed by atoms with van der Waals surface area (Å²) in [5, 5.41) is 7.13. The van der Waals surface area contributed by atoms with E-state index in [1.54, 1.807) is 24.6 Å². The fourth-order valence-corrected chi connectivity index (χ4v) is 3.08. The van der Waals surface area contributed by atoms with E-state index in [1.807, 2.05) is 6.20 Å². The van der Waals surface area contributed by atoms with Crippen LogP contribution in [0.5, 0.6) is 0 Å². The van der Waals surface area contributed by atoms with Crippen molar-refractivity contribution in [3.8, 4) is 0 Å². The molecule has 0 aliphatic rings. The molecule has 8 heteroatoms. The van der Waals surface area contributed by atoms with Gasteiger partial charge in [-0.2, -0.15) is 5.10 Å². The fourth-order valence-electron chi connectivity index (χ4n) is 3.08. The van der Waals surface area contributed by atoms with Gasteiger partial charge in [-0.25, -0.2) is 9.50 Å². The van der Waals surface area contributed by atoms with Gasteiger partial charge in [0.05, 0.1) is 11.9 Å². The molecule has 0 saturated carbocycles. The highest BCUT2D eigenvalue weighted by molar-refractivity contribution is 6.08. The van der Waals surface area contributed by atoms with Gasteiger partial charge < -0.3 is 10.3 Å². The molecule has 8 nitrogen and oxygen atoms in total. The third-order valence-corrected chi connectivity index (χ3v) is 4.62. The van der Waals surface area contributed by atoms with Crippen molar-refractivity contribution in [2.75, 3.05) is 18.4 Å². The Morgan fingerprint density at radius 2 is 2.00 bits per heavy atom. The summed E-state index contributed by atoms with van der Waals surface area (Å²) in [7, 11) is 0. The van der Waals surface area contributed by atoms with Crippen molar-refractivity contribution in [3.63, 3.8) is 0 Å². The van der Waals surface area contributed by atoms with E-state index in [-0.39, 0.29) is 11.5 Å². The van der Waals surface area contributed by atoms with E-state index in [0.29, 0.717) is 28.2 Å². The standard InChI is InChI=1S/C19H24N6O2/c1-5-24(6-2)10-14-8-20-18-15(9-21-25(18)11-14)19(27)23-17-12(3)7-16(26)22-13(17)4/h7-9,11H,5-6,10H2,1-4H3,(H,22,26)(H,23,27). The molecule has 3 aromatic heterocycles. The molecule has 0 atom stereocenters. The number of rotatable bonds is 6. The molecule has 0 unspecified atom stereocenters. The summed E-state index contributed by atoms with van der Waals surface area (Å²) in [5.74, 6) is -0.313. The molecule has 3 aromatic rings. The van der Waals surface area contributed by atoms with Crippen LogP contribution in [0.1, 0.15) is 41.0 Å². The SMILES string of the molecule is CCN(CC)Cc1cnc2c(C(=O)Nc3c(C)cc(=O)[nH]c3C)cnn2c1. The second-order valence-electron chi connectivity index (χ2n) is 6.52. The number of nitrogens with one attached hydrogen (secondary N) is 2. The largest absolute Gasteiger partial charge is 0.324 e. The van der Waals surface area contributed by atoms with Gasteiger partial charge in [0.15, 0.2) is 5.65 Å². The third-order valence-electron chi connectivity index (χ3n) is 4.62. The molecule has 142 valence electrons. The first-order chi connectivity index (χ1) is 12.9. The van der Waals surface area contributed by atoms with Gasteiger partial charge in [0, 0.05) is 36.3 Å². The zero-order chi connectivity index (χ0) is 19.6. The Hall–Kier alpha value is -3.00. The van der Waals surface area contributed by atoms with E-state index in [4.69, 9.17) is 0 Å². The summed E-state index contributed by atoms with van der Waals surface area (Å²) in [6.07, 6.45) is 5.19. The average Bonchev–Trinajstić information content (AvgIpc) is 3.05. The number of fused-ring (bicyclic) bond motifs is 1. The van der Waals surface area contributed by atoms with Crippen LogP contribution in [-0.2, 0) is 6.54 Å². The number of aryl methyl sites for hydroxylation is 2. The number of aromatic amines is 1. The van der Waals surface area contributed by atoms with Crippen LogP contribution in [0, 0.1) is 13.8 Å². The maximum atomic E-state index is 12.7. The smallest absolute Gasteiger partial charge is 0.261 e. The first-order valence-electron chi connectivity index (χ1n) is 8.99. The third kappa shape index (κ3) is 3.90.